The van der Waals surface area contributed by atoms with Crippen molar-refractivity contribution in [2.24, 2.45) is 0 Å². The Hall–Kier alpha value is -2.67. The van der Waals surface area contributed by atoms with Crippen LogP contribution in [0, 0.1) is 18.3 Å². The summed E-state index contributed by atoms with van der Waals surface area (Å²) in [5.74, 6) is 0.642. The number of anilines is 3. The molecular weight excluding hydrogens is 250 g/mol. The van der Waals surface area contributed by atoms with Crippen LogP contribution < -0.4 is 15.8 Å². The van der Waals surface area contributed by atoms with Crippen molar-refractivity contribution in [3.05, 3.63) is 47.5 Å². The lowest BCUT2D eigenvalue weighted by atomic mass is 10.1. The Morgan fingerprint density at radius 1 is 1.30 bits per heavy atom. The maximum Gasteiger partial charge on any atom is 0.144 e. The standard InChI is InChI=1S/C16H17N3O/c1-3-20-16-9-12(7-8-14(16)18)19-15-6-4-5-11(2)13(15)10-17/h4-9,19H,3,18H2,1-2H3. The minimum Gasteiger partial charge on any atom is -0.492 e. The first-order valence-corrected chi connectivity index (χ1v) is 6.44. The van der Waals surface area contributed by atoms with Gasteiger partial charge in [0.05, 0.1) is 23.5 Å². The van der Waals surface area contributed by atoms with Crippen LogP contribution >= 0.6 is 0 Å². The van der Waals surface area contributed by atoms with Gasteiger partial charge < -0.3 is 15.8 Å². The molecule has 0 bridgehead atoms. The summed E-state index contributed by atoms with van der Waals surface area (Å²) >= 11 is 0. The third-order valence-corrected chi connectivity index (χ3v) is 2.98. The second kappa shape index (κ2) is 5.98. The highest BCUT2D eigenvalue weighted by molar-refractivity contribution is 5.71. The molecule has 0 aromatic heterocycles. The Kier molecular flexibility index (Phi) is 4.11. The highest BCUT2D eigenvalue weighted by Crippen LogP contribution is 2.29. The molecule has 3 N–H and O–H groups in total. The Morgan fingerprint density at radius 2 is 2.10 bits per heavy atom. The normalized spacial score (nSPS) is 9.85. The first-order valence-electron chi connectivity index (χ1n) is 6.44. The molecule has 102 valence electrons. The highest BCUT2D eigenvalue weighted by Gasteiger charge is 2.07. The van der Waals surface area contributed by atoms with Gasteiger partial charge in [-0.3, -0.25) is 0 Å². The van der Waals surface area contributed by atoms with Crippen LogP contribution in [0.4, 0.5) is 17.1 Å². The van der Waals surface area contributed by atoms with Crippen molar-refractivity contribution in [1.29, 1.82) is 5.26 Å². The van der Waals surface area contributed by atoms with E-state index in [1.54, 1.807) is 6.07 Å². The molecule has 0 aliphatic carbocycles. The molecule has 2 rings (SSSR count). The van der Waals surface area contributed by atoms with E-state index >= 15 is 0 Å². The molecule has 0 fully saturated rings. The number of aryl methyl sites for hydroxylation is 1. The Morgan fingerprint density at radius 3 is 2.80 bits per heavy atom. The van der Waals surface area contributed by atoms with E-state index in [9.17, 15) is 5.26 Å². The molecule has 0 radical (unpaired) electrons. The summed E-state index contributed by atoms with van der Waals surface area (Å²) in [5.41, 5.74) is 9.64. The molecule has 0 unspecified atom stereocenters. The Bertz CT molecular complexity index is 659. The summed E-state index contributed by atoms with van der Waals surface area (Å²) in [6.07, 6.45) is 0. The molecule has 0 saturated carbocycles. The second-order valence-corrected chi connectivity index (χ2v) is 4.42. The number of nitrogens with two attached hydrogens (primary N) is 1. The number of nitriles is 1. The van der Waals surface area contributed by atoms with Crippen LogP contribution in [-0.2, 0) is 0 Å². The van der Waals surface area contributed by atoms with Crippen molar-refractivity contribution in [2.75, 3.05) is 17.7 Å². The molecule has 4 nitrogen and oxygen atoms in total. The Balaban J connectivity index is 2.34. The van der Waals surface area contributed by atoms with E-state index in [-0.39, 0.29) is 0 Å². The third-order valence-electron chi connectivity index (χ3n) is 2.98. The summed E-state index contributed by atoms with van der Waals surface area (Å²) in [6.45, 7) is 4.38. The molecule has 20 heavy (non-hydrogen) atoms. The molecule has 2 aromatic carbocycles. The molecule has 0 aliphatic rings. The van der Waals surface area contributed by atoms with Crippen LogP contribution in [0.3, 0.4) is 0 Å². The maximum absolute atomic E-state index is 9.23. The zero-order valence-corrected chi connectivity index (χ0v) is 11.6. The first-order chi connectivity index (χ1) is 9.65. The fraction of sp³-hybridized carbons (Fsp3) is 0.188. The van der Waals surface area contributed by atoms with Crippen LogP contribution in [-0.4, -0.2) is 6.61 Å². The topological polar surface area (TPSA) is 71.1 Å². The van der Waals surface area contributed by atoms with Gasteiger partial charge in [-0.15, -0.1) is 0 Å². The highest BCUT2D eigenvalue weighted by atomic mass is 16.5. The number of hydrogen-bond donors (Lipinski definition) is 2. The zero-order valence-electron chi connectivity index (χ0n) is 11.6. The van der Waals surface area contributed by atoms with Gasteiger partial charge in [-0.1, -0.05) is 12.1 Å². The summed E-state index contributed by atoms with van der Waals surface area (Å²) in [5, 5.41) is 12.5. The molecule has 0 atom stereocenters. The Labute approximate surface area is 118 Å². The van der Waals surface area contributed by atoms with Crippen LogP contribution in [0.5, 0.6) is 5.75 Å². The van der Waals surface area contributed by atoms with Crippen molar-refractivity contribution in [2.45, 2.75) is 13.8 Å². The fourth-order valence-electron chi connectivity index (χ4n) is 1.97. The number of benzene rings is 2. The van der Waals surface area contributed by atoms with E-state index in [0.717, 1.165) is 16.9 Å². The van der Waals surface area contributed by atoms with Gasteiger partial charge in [0.1, 0.15) is 11.8 Å². The van der Waals surface area contributed by atoms with Crippen molar-refractivity contribution in [3.63, 3.8) is 0 Å². The number of nitrogens with one attached hydrogen (secondary N) is 1. The quantitative estimate of drug-likeness (QED) is 0.830. The smallest absolute Gasteiger partial charge is 0.144 e. The average molecular weight is 267 g/mol. The van der Waals surface area contributed by atoms with Gasteiger partial charge in [0.15, 0.2) is 0 Å². The largest absolute Gasteiger partial charge is 0.492 e. The van der Waals surface area contributed by atoms with Crippen LogP contribution in [0.1, 0.15) is 18.1 Å². The predicted octanol–water partition coefficient (Wildman–Crippen LogP) is 3.59. The van der Waals surface area contributed by atoms with Crippen molar-refractivity contribution in [3.8, 4) is 11.8 Å². The molecule has 0 saturated heterocycles. The van der Waals surface area contributed by atoms with Crippen LogP contribution in [0.25, 0.3) is 0 Å². The number of nitrogens with zero attached hydrogens (tertiary/aromatic N) is 1. The summed E-state index contributed by atoms with van der Waals surface area (Å²) in [6, 6.07) is 13.4. The van der Waals surface area contributed by atoms with E-state index in [4.69, 9.17) is 10.5 Å². The molecular formula is C16H17N3O. The second-order valence-electron chi connectivity index (χ2n) is 4.42. The van der Waals surface area contributed by atoms with Crippen LogP contribution in [0.2, 0.25) is 0 Å². The van der Waals surface area contributed by atoms with Gasteiger partial charge in [0, 0.05) is 11.8 Å². The minimum atomic E-state index is 0.557. The third kappa shape index (κ3) is 2.83. The number of nitrogen functional groups attached to an aromatic ring is 1. The van der Waals surface area contributed by atoms with Crippen molar-refractivity contribution in [1.82, 2.24) is 0 Å². The van der Waals surface area contributed by atoms with Gasteiger partial charge in [0.25, 0.3) is 0 Å². The molecule has 2 aromatic rings. The zero-order chi connectivity index (χ0) is 14.5. The number of rotatable bonds is 4. The fourth-order valence-corrected chi connectivity index (χ4v) is 1.97. The SMILES string of the molecule is CCOc1cc(Nc2cccc(C)c2C#N)ccc1N. The molecule has 0 spiro atoms. The van der Waals surface area contributed by atoms with Gasteiger partial charge in [-0.2, -0.15) is 5.26 Å². The lowest BCUT2D eigenvalue weighted by molar-refractivity contribution is 0.342. The monoisotopic (exact) mass is 267 g/mol. The van der Waals surface area contributed by atoms with E-state index < -0.39 is 0 Å². The van der Waals surface area contributed by atoms with Gasteiger partial charge >= 0.3 is 0 Å². The number of ether oxygens (including phenoxy) is 1. The van der Waals surface area contributed by atoms with Crippen molar-refractivity contribution >= 4 is 17.1 Å². The van der Waals surface area contributed by atoms with Crippen LogP contribution in [0.15, 0.2) is 36.4 Å². The van der Waals surface area contributed by atoms with Gasteiger partial charge in [-0.25, -0.2) is 0 Å². The van der Waals surface area contributed by atoms with E-state index in [1.165, 1.54) is 0 Å². The lowest BCUT2D eigenvalue weighted by Gasteiger charge is -2.12. The minimum absolute atomic E-state index is 0.557. The summed E-state index contributed by atoms with van der Waals surface area (Å²) < 4.78 is 5.47. The summed E-state index contributed by atoms with van der Waals surface area (Å²) in [7, 11) is 0. The van der Waals surface area contributed by atoms with E-state index in [2.05, 4.69) is 11.4 Å². The molecule has 0 amide bonds. The molecule has 0 aliphatic heterocycles. The lowest BCUT2D eigenvalue weighted by Crippen LogP contribution is -1.99. The molecule has 0 heterocycles. The molecule has 4 heteroatoms. The average Bonchev–Trinajstić information content (AvgIpc) is 2.43. The van der Waals surface area contributed by atoms with E-state index in [1.807, 2.05) is 44.2 Å². The maximum atomic E-state index is 9.23. The predicted molar refractivity (Wildman–Crippen MR) is 81.2 cm³/mol. The first kappa shape index (κ1) is 13.8. The van der Waals surface area contributed by atoms with Gasteiger partial charge in [0.2, 0.25) is 0 Å². The van der Waals surface area contributed by atoms with E-state index in [0.29, 0.717) is 23.6 Å². The summed E-state index contributed by atoms with van der Waals surface area (Å²) in [4.78, 5) is 0. The number of hydrogen-bond acceptors (Lipinski definition) is 4. The van der Waals surface area contributed by atoms with Crippen molar-refractivity contribution < 1.29 is 4.74 Å². The van der Waals surface area contributed by atoms with Gasteiger partial charge in [-0.05, 0) is 37.6 Å².